The van der Waals surface area contributed by atoms with Crippen LogP contribution < -0.4 is 4.74 Å². The monoisotopic (exact) mass is 345 g/mol. The van der Waals surface area contributed by atoms with Crippen molar-refractivity contribution < 1.29 is 14.3 Å². The van der Waals surface area contributed by atoms with Gasteiger partial charge in [-0.3, -0.25) is 4.79 Å². The Kier molecular flexibility index (Phi) is 15.0. The van der Waals surface area contributed by atoms with Gasteiger partial charge in [0.15, 0.2) is 5.75 Å². The maximum Gasteiger partial charge on any atom is 0.292 e. The second-order valence-corrected chi connectivity index (χ2v) is 4.63. The minimum absolute atomic E-state index is 0.222. The fraction of sp³-hybridized carbons (Fsp3) is 0.400. The van der Waals surface area contributed by atoms with Crippen LogP contribution in [0, 0.1) is 0 Å². The van der Waals surface area contributed by atoms with Gasteiger partial charge in [-0.1, -0.05) is 0 Å². The molecule has 7 heteroatoms. The SMILES string of the molecule is CC(Cl)Cl.COC=O.COc1cccnc1Br. The van der Waals surface area contributed by atoms with Crippen LogP contribution in [-0.4, -0.2) is 30.5 Å². The van der Waals surface area contributed by atoms with Crippen LogP contribution in [0.2, 0.25) is 0 Å². The molecule has 4 nitrogen and oxygen atoms in total. The van der Waals surface area contributed by atoms with E-state index in [1.807, 2.05) is 12.1 Å². The molecule has 0 saturated carbocycles. The molecule has 1 rings (SSSR count). The lowest BCUT2D eigenvalue weighted by Gasteiger charge is -1.98. The third-order valence-electron chi connectivity index (χ3n) is 1.04. The molecule has 0 bridgehead atoms. The van der Waals surface area contributed by atoms with Crippen LogP contribution in [0.5, 0.6) is 5.75 Å². The molecule has 0 radical (unpaired) electrons. The molecule has 0 aliphatic heterocycles. The number of hydrogen-bond acceptors (Lipinski definition) is 4. The molecule has 0 amide bonds. The molecule has 1 aromatic heterocycles. The van der Waals surface area contributed by atoms with Gasteiger partial charge in [0, 0.05) is 6.20 Å². The van der Waals surface area contributed by atoms with Crippen molar-refractivity contribution in [2.24, 2.45) is 0 Å². The Morgan fingerprint density at radius 3 is 2.18 bits per heavy atom. The van der Waals surface area contributed by atoms with Crippen molar-refractivity contribution >= 4 is 45.6 Å². The fourth-order valence-corrected chi connectivity index (χ4v) is 0.936. The highest BCUT2D eigenvalue weighted by Crippen LogP contribution is 2.19. The summed E-state index contributed by atoms with van der Waals surface area (Å²) >= 11 is 13.3. The lowest BCUT2D eigenvalue weighted by atomic mass is 10.5. The first-order chi connectivity index (χ1) is 7.99. The molecule has 0 spiro atoms. The average molecular weight is 347 g/mol. The van der Waals surface area contributed by atoms with Crippen LogP contribution >= 0.6 is 39.1 Å². The van der Waals surface area contributed by atoms with Crippen LogP contribution in [0.15, 0.2) is 22.9 Å². The maximum absolute atomic E-state index is 8.95. The number of ether oxygens (including phenoxy) is 2. The van der Waals surface area contributed by atoms with E-state index in [9.17, 15) is 0 Å². The van der Waals surface area contributed by atoms with Crippen LogP contribution in [0.1, 0.15) is 6.92 Å². The summed E-state index contributed by atoms with van der Waals surface area (Å²) in [5.41, 5.74) is 0. The number of aromatic nitrogens is 1. The van der Waals surface area contributed by atoms with Crippen molar-refractivity contribution in [3.63, 3.8) is 0 Å². The Balaban J connectivity index is 0. The number of methoxy groups -OCH3 is 2. The van der Waals surface area contributed by atoms with Gasteiger partial charge in [0.2, 0.25) is 0 Å². The Bertz CT molecular complexity index is 298. The van der Waals surface area contributed by atoms with Crippen molar-refractivity contribution in [2.75, 3.05) is 14.2 Å². The zero-order valence-electron chi connectivity index (χ0n) is 9.69. The summed E-state index contributed by atoms with van der Waals surface area (Å²) in [7, 11) is 2.93. The highest BCUT2D eigenvalue weighted by Gasteiger charge is 1.94. The first-order valence-corrected chi connectivity index (χ1v) is 6.05. The van der Waals surface area contributed by atoms with E-state index in [-0.39, 0.29) is 4.84 Å². The molecule has 0 unspecified atom stereocenters. The molecule has 0 N–H and O–H groups in total. The number of hydrogen-bond donors (Lipinski definition) is 0. The van der Waals surface area contributed by atoms with Gasteiger partial charge in [-0.15, -0.1) is 23.2 Å². The second kappa shape index (κ2) is 13.5. The largest absolute Gasteiger partial charge is 0.494 e. The van der Waals surface area contributed by atoms with E-state index < -0.39 is 0 Å². The third kappa shape index (κ3) is 15.5. The minimum atomic E-state index is -0.222. The summed E-state index contributed by atoms with van der Waals surface area (Å²) in [6.07, 6.45) is 1.70. The topological polar surface area (TPSA) is 48.4 Å². The highest BCUT2D eigenvalue weighted by molar-refractivity contribution is 9.10. The van der Waals surface area contributed by atoms with E-state index in [1.165, 1.54) is 7.11 Å². The van der Waals surface area contributed by atoms with Crippen LogP contribution in [0.4, 0.5) is 0 Å². The van der Waals surface area contributed by atoms with E-state index >= 15 is 0 Å². The van der Waals surface area contributed by atoms with Crippen molar-refractivity contribution in [3.8, 4) is 5.75 Å². The molecule has 1 heterocycles. The van der Waals surface area contributed by atoms with Gasteiger partial charge < -0.3 is 9.47 Å². The highest BCUT2D eigenvalue weighted by atomic mass is 79.9. The van der Waals surface area contributed by atoms with E-state index in [0.29, 0.717) is 6.47 Å². The standard InChI is InChI=1S/C6H6BrNO.C2H4Cl2.C2H4O2/c1-9-5-3-2-4-8-6(5)7;1-2(3)4;1-4-2-3/h2-4H,1H3;2*2H,1H3. The molecule has 17 heavy (non-hydrogen) atoms. The number of alkyl halides is 2. The van der Waals surface area contributed by atoms with E-state index in [1.54, 1.807) is 20.2 Å². The molecule has 0 aromatic carbocycles. The maximum atomic E-state index is 8.95. The molecule has 98 valence electrons. The summed E-state index contributed by atoms with van der Waals surface area (Å²) in [6, 6.07) is 3.67. The summed E-state index contributed by atoms with van der Waals surface area (Å²) in [5.74, 6) is 0.762. The number of carbonyl (C=O) groups excluding carboxylic acids is 1. The van der Waals surface area contributed by atoms with Crippen LogP contribution in [0.3, 0.4) is 0 Å². The minimum Gasteiger partial charge on any atom is -0.494 e. The second-order valence-electron chi connectivity index (χ2n) is 2.35. The van der Waals surface area contributed by atoms with E-state index in [2.05, 4.69) is 25.7 Å². The van der Waals surface area contributed by atoms with Gasteiger partial charge in [0.05, 0.1) is 14.2 Å². The lowest BCUT2D eigenvalue weighted by Crippen LogP contribution is -1.84. The zero-order valence-corrected chi connectivity index (χ0v) is 12.8. The van der Waals surface area contributed by atoms with Crippen molar-refractivity contribution in [3.05, 3.63) is 22.9 Å². The zero-order chi connectivity index (χ0) is 13.7. The van der Waals surface area contributed by atoms with Crippen molar-refractivity contribution in [1.29, 1.82) is 0 Å². The van der Waals surface area contributed by atoms with Gasteiger partial charge in [0.25, 0.3) is 6.47 Å². The summed E-state index contributed by atoms with van der Waals surface area (Å²) in [4.78, 5) is 12.7. The molecule has 0 aliphatic rings. The van der Waals surface area contributed by atoms with Crippen molar-refractivity contribution in [1.82, 2.24) is 4.98 Å². The molecule has 0 saturated heterocycles. The molecule has 0 fully saturated rings. The van der Waals surface area contributed by atoms with Gasteiger partial charge in [-0.2, -0.15) is 0 Å². The van der Waals surface area contributed by atoms with Crippen molar-refractivity contribution in [2.45, 2.75) is 11.8 Å². The Labute approximate surface area is 119 Å². The lowest BCUT2D eigenvalue weighted by molar-refractivity contribution is -0.126. The first kappa shape index (κ1) is 18.8. The first-order valence-electron chi connectivity index (χ1n) is 4.38. The average Bonchev–Trinajstić information content (AvgIpc) is 2.29. The van der Waals surface area contributed by atoms with Crippen LogP contribution in [0.25, 0.3) is 0 Å². The number of pyridine rings is 1. The summed E-state index contributed by atoms with van der Waals surface area (Å²) < 4.78 is 9.54. The van der Waals surface area contributed by atoms with E-state index in [4.69, 9.17) is 32.7 Å². The summed E-state index contributed by atoms with van der Waals surface area (Å²) in [6.45, 7) is 2.07. The smallest absolute Gasteiger partial charge is 0.292 e. The Morgan fingerprint density at radius 1 is 1.47 bits per heavy atom. The van der Waals surface area contributed by atoms with Gasteiger partial charge in [-0.05, 0) is 35.0 Å². The Morgan fingerprint density at radius 2 is 1.94 bits per heavy atom. The molecule has 1 aromatic rings. The van der Waals surface area contributed by atoms with Crippen LogP contribution in [-0.2, 0) is 9.53 Å². The predicted octanol–water partition coefficient (Wildman–Crippen LogP) is 3.45. The molecular formula is C10H14BrCl2NO3. The number of rotatable bonds is 2. The van der Waals surface area contributed by atoms with Gasteiger partial charge >= 0.3 is 0 Å². The number of carbonyl (C=O) groups is 1. The van der Waals surface area contributed by atoms with E-state index in [0.717, 1.165) is 10.4 Å². The molecule has 0 atom stereocenters. The third-order valence-corrected chi connectivity index (χ3v) is 1.64. The predicted molar refractivity (Wildman–Crippen MR) is 72.7 cm³/mol. The Hall–Kier alpha value is -0.520. The quantitative estimate of drug-likeness (QED) is 0.467. The normalized spacial score (nSPS) is 8.18. The molecular weight excluding hydrogens is 333 g/mol. The fourth-order valence-electron chi connectivity index (χ4n) is 0.524. The van der Waals surface area contributed by atoms with Gasteiger partial charge in [0.1, 0.15) is 9.44 Å². The molecule has 0 aliphatic carbocycles. The summed E-state index contributed by atoms with van der Waals surface area (Å²) in [5, 5.41) is 0. The van der Waals surface area contributed by atoms with Gasteiger partial charge in [-0.25, -0.2) is 4.98 Å². The number of halogens is 3. The number of nitrogens with zero attached hydrogens (tertiary/aromatic N) is 1.